The summed E-state index contributed by atoms with van der Waals surface area (Å²) in [7, 11) is 1.85. The number of amides is 2. The van der Waals surface area contributed by atoms with Crippen LogP contribution in [0.3, 0.4) is 0 Å². The molecule has 1 saturated heterocycles. The van der Waals surface area contributed by atoms with E-state index in [9.17, 15) is 9.59 Å². The fraction of sp³-hybridized carbons (Fsp3) is 0.435. The second-order valence-electron chi connectivity index (χ2n) is 7.80. The van der Waals surface area contributed by atoms with Gasteiger partial charge in [-0.1, -0.05) is 30.3 Å². The second-order valence-corrected chi connectivity index (χ2v) is 7.80. The number of likely N-dealkylation sites (tertiary alicyclic amines) is 1. The summed E-state index contributed by atoms with van der Waals surface area (Å²) in [6, 6.07) is 14.2. The Morgan fingerprint density at radius 2 is 1.86 bits per heavy atom. The summed E-state index contributed by atoms with van der Waals surface area (Å²) in [4.78, 5) is 31.9. The van der Waals surface area contributed by atoms with Gasteiger partial charge in [0.25, 0.3) is 5.91 Å². The molecule has 0 radical (unpaired) electrons. The standard InChI is InChI=1S/C23H30N4O2/c1-26(14-13-21(24)28)22-10-9-20(17-25-22)23(29)27-15-11-19(12-16-27)8-7-18-5-3-2-4-6-18/h2-6,9-10,17,19H,7-8,11-16H2,1H3,(H2,24,28). The summed E-state index contributed by atoms with van der Waals surface area (Å²) in [5, 5.41) is 0. The molecule has 0 aliphatic carbocycles. The molecule has 2 heterocycles. The molecule has 2 aromatic rings. The quantitative estimate of drug-likeness (QED) is 0.747. The molecule has 3 rings (SSSR count). The number of primary amides is 1. The summed E-state index contributed by atoms with van der Waals surface area (Å²) >= 11 is 0. The van der Waals surface area contributed by atoms with Gasteiger partial charge in [0.05, 0.1) is 5.56 Å². The fourth-order valence-electron chi connectivity index (χ4n) is 3.75. The van der Waals surface area contributed by atoms with Gasteiger partial charge in [-0.2, -0.15) is 0 Å². The van der Waals surface area contributed by atoms with Crippen LogP contribution >= 0.6 is 0 Å². The van der Waals surface area contributed by atoms with E-state index < -0.39 is 0 Å². The molecule has 154 valence electrons. The van der Waals surface area contributed by atoms with Gasteiger partial charge in [0.1, 0.15) is 5.82 Å². The Morgan fingerprint density at radius 3 is 2.48 bits per heavy atom. The Kier molecular flexibility index (Phi) is 7.22. The lowest BCUT2D eigenvalue weighted by atomic mass is 9.90. The zero-order chi connectivity index (χ0) is 20.6. The molecule has 0 saturated carbocycles. The number of benzene rings is 1. The summed E-state index contributed by atoms with van der Waals surface area (Å²) in [5.41, 5.74) is 7.19. The van der Waals surface area contributed by atoms with Crippen LogP contribution in [0.4, 0.5) is 5.82 Å². The molecular weight excluding hydrogens is 364 g/mol. The molecule has 29 heavy (non-hydrogen) atoms. The van der Waals surface area contributed by atoms with E-state index in [4.69, 9.17) is 5.73 Å². The third kappa shape index (κ3) is 6.04. The monoisotopic (exact) mass is 394 g/mol. The molecule has 1 aromatic carbocycles. The van der Waals surface area contributed by atoms with Crippen molar-refractivity contribution in [1.29, 1.82) is 0 Å². The Labute approximate surface area is 172 Å². The molecule has 6 nitrogen and oxygen atoms in total. The second kappa shape index (κ2) is 10.0. The zero-order valence-corrected chi connectivity index (χ0v) is 17.1. The third-order valence-electron chi connectivity index (χ3n) is 5.67. The van der Waals surface area contributed by atoms with Crippen LogP contribution in [0, 0.1) is 5.92 Å². The number of aryl methyl sites for hydroxylation is 1. The minimum Gasteiger partial charge on any atom is -0.370 e. The molecule has 1 aliphatic rings. The summed E-state index contributed by atoms with van der Waals surface area (Å²) in [5.74, 6) is 1.11. The van der Waals surface area contributed by atoms with E-state index in [2.05, 4.69) is 29.2 Å². The Hall–Kier alpha value is -2.89. The number of nitrogens with two attached hydrogens (primary N) is 1. The minimum atomic E-state index is -0.337. The first kappa shape index (κ1) is 20.8. The smallest absolute Gasteiger partial charge is 0.255 e. The van der Waals surface area contributed by atoms with Crippen molar-refractivity contribution < 1.29 is 9.59 Å². The molecule has 6 heteroatoms. The molecule has 0 atom stereocenters. The number of anilines is 1. The molecule has 2 N–H and O–H groups in total. The Bertz CT molecular complexity index is 799. The minimum absolute atomic E-state index is 0.0466. The molecule has 0 unspecified atom stereocenters. The average molecular weight is 395 g/mol. The third-order valence-corrected chi connectivity index (χ3v) is 5.67. The average Bonchev–Trinajstić information content (AvgIpc) is 2.76. The normalized spacial score (nSPS) is 14.6. The van der Waals surface area contributed by atoms with Crippen LogP contribution in [0.1, 0.15) is 41.6 Å². The molecule has 0 spiro atoms. The fourth-order valence-corrected chi connectivity index (χ4v) is 3.75. The van der Waals surface area contributed by atoms with Crippen LogP contribution in [0.2, 0.25) is 0 Å². The number of nitrogens with zero attached hydrogens (tertiary/aromatic N) is 3. The maximum Gasteiger partial charge on any atom is 0.255 e. The summed E-state index contributed by atoms with van der Waals surface area (Å²) in [6.45, 7) is 2.11. The number of piperidine rings is 1. The number of hydrogen-bond donors (Lipinski definition) is 1. The largest absolute Gasteiger partial charge is 0.370 e. The number of pyridine rings is 1. The molecular formula is C23H30N4O2. The van der Waals surface area contributed by atoms with E-state index >= 15 is 0 Å². The first-order valence-corrected chi connectivity index (χ1v) is 10.3. The SMILES string of the molecule is CN(CCC(N)=O)c1ccc(C(=O)N2CCC(CCc3ccccc3)CC2)cn1. The first-order valence-electron chi connectivity index (χ1n) is 10.3. The molecule has 1 fully saturated rings. The summed E-state index contributed by atoms with van der Waals surface area (Å²) < 4.78 is 0. The van der Waals surface area contributed by atoms with E-state index in [-0.39, 0.29) is 18.2 Å². The number of aromatic nitrogens is 1. The maximum atomic E-state index is 12.8. The number of carbonyl (C=O) groups excluding carboxylic acids is 2. The van der Waals surface area contributed by atoms with Crippen molar-refractivity contribution in [2.75, 3.05) is 31.6 Å². The number of rotatable bonds is 8. The van der Waals surface area contributed by atoms with Crippen LogP contribution < -0.4 is 10.6 Å². The highest BCUT2D eigenvalue weighted by Gasteiger charge is 2.23. The predicted molar refractivity (Wildman–Crippen MR) is 115 cm³/mol. The van der Waals surface area contributed by atoms with Crippen LogP contribution in [0.25, 0.3) is 0 Å². The highest BCUT2D eigenvalue weighted by atomic mass is 16.2. The van der Waals surface area contributed by atoms with Crippen LogP contribution in [-0.2, 0) is 11.2 Å². The van der Waals surface area contributed by atoms with E-state index in [0.717, 1.165) is 38.2 Å². The van der Waals surface area contributed by atoms with E-state index in [0.29, 0.717) is 18.0 Å². The molecule has 0 bridgehead atoms. The molecule has 2 amide bonds. The zero-order valence-electron chi connectivity index (χ0n) is 17.1. The number of hydrogen-bond acceptors (Lipinski definition) is 4. The van der Waals surface area contributed by atoms with E-state index in [1.807, 2.05) is 35.0 Å². The van der Waals surface area contributed by atoms with Crippen LogP contribution in [0.15, 0.2) is 48.7 Å². The highest BCUT2D eigenvalue weighted by Crippen LogP contribution is 2.24. The number of carbonyl (C=O) groups is 2. The maximum absolute atomic E-state index is 12.8. The topological polar surface area (TPSA) is 79.5 Å². The van der Waals surface area contributed by atoms with Crippen molar-refractivity contribution in [3.63, 3.8) is 0 Å². The van der Waals surface area contributed by atoms with Crippen LogP contribution in [-0.4, -0.2) is 48.4 Å². The Morgan fingerprint density at radius 1 is 1.14 bits per heavy atom. The van der Waals surface area contributed by atoms with Gasteiger partial charge in [0.2, 0.25) is 5.91 Å². The Balaban J connectivity index is 1.47. The van der Waals surface area contributed by atoms with Crippen molar-refractivity contribution in [3.8, 4) is 0 Å². The first-order chi connectivity index (χ1) is 14.0. The van der Waals surface area contributed by atoms with Gasteiger partial charge in [-0.15, -0.1) is 0 Å². The van der Waals surface area contributed by atoms with Crippen molar-refractivity contribution in [3.05, 3.63) is 59.8 Å². The van der Waals surface area contributed by atoms with E-state index in [1.165, 1.54) is 12.0 Å². The lowest BCUT2D eigenvalue weighted by Gasteiger charge is -2.32. The van der Waals surface area contributed by atoms with Gasteiger partial charge in [-0.25, -0.2) is 4.98 Å². The van der Waals surface area contributed by atoms with Crippen molar-refractivity contribution in [1.82, 2.24) is 9.88 Å². The van der Waals surface area contributed by atoms with E-state index in [1.54, 1.807) is 6.20 Å². The predicted octanol–water partition coefficient (Wildman–Crippen LogP) is 2.88. The van der Waals surface area contributed by atoms with Gasteiger partial charge in [-0.05, 0) is 49.3 Å². The molecule has 1 aliphatic heterocycles. The van der Waals surface area contributed by atoms with Gasteiger partial charge < -0.3 is 15.5 Å². The van der Waals surface area contributed by atoms with Crippen molar-refractivity contribution >= 4 is 17.6 Å². The van der Waals surface area contributed by atoms with Gasteiger partial charge in [0, 0.05) is 39.3 Å². The van der Waals surface area contributed by atoms with Gasteiger partial charge in [-0.3, -0.25) is 9.59 Å². The lowest BCUT2D eigenvalue weighted by molar-refractivity contribution is -0.117. The molecule has 1 aromatic heterocycles. The van der Waals surface area contributed by atoms with Gasteiger partial charge >= 0.3 is 0 Å². The lowest BCUT2D eigenvalue weighted by Crippen LogP contribution is -2.38. The van der Waals surface area contributed by atoms with Crippen LogP contribution in [0.5, 0.6) is 0 Å². The highest BCUT2D eigenvalue weighted by molar-refractivity contribution is 5.94. The summed E-state index contributed by atoms with van der Waals surface area (Å²) in [6.07, 6.45) is 6.30. The van der Waals surface area contributed by atoms with Crippen molar-refractivity contribution in [2.45, 2.75) is 32.1 Å². The van der Waals surface area contributed by atoms with Gasteiger partial charge in [0.15, 0.2) is 0 Å². The van der Waals surface area contributed by atoms with Crippen molar-refractivity contribution in [2.24, 2.45) is 11.7 Å².